The Morgan fingerprint density at radius 2 is 1.90 bits per heavy atom. The molecule has 6 rings (SSSR count). The minimum absolute atomic E-state index is 0.0497. The van der Waals surface area contributed by atoms with Crippen LogP contribution in [0.4, 0.5) is 11.5 Å². The Bertz CT molecular complexity index is 1630. The van der Waals surface area contributed by atoms with Gasteiger partial charge in [0.15, 0.2) is 5.65 Å². The van der Waals surface area contributed by atoms with Gasteiger partial charge >= 0.3 is 0 Å². The molecule has 2 atom stereocenters. The lowest BCUT2D eigenvalue weighted by atomic mass is 9.80. The number of amides is 2. The van der Waals surface area contributed by atoms with E-state index in [2.05, 4.69) is 27.4 Å². The largest absolute Gasteiger partial charge is 0.495 e. The highest BCUT2D eigenvalue weighted by molar-refractivity contribution is 5.99. The number of nitrogens with two attached hydrogens (primary N) is 2. The summed E-state index contributed by atoms with van der Waals surface area (Å²) >= 11 is 0. The zero-order valence-corrected chi connectivity index (χ0v) is 23.5. The number of carbonyl (C=O) groups is 2. The molecule has 2 aromatic heterocycles. The minimum Gasteiger partial charge on any atom is -0.495 e. The monoisotopic (exact) mass is 569 g/mol. The van der Waals surface area contributed by atoms with Gasteiger partial charge in [-0.2, -0.15) is 5.10 Å². The molecule has 2 aromatic carbocycles. The van der Waals surface area contributed by atoms with E-state index in [4.69, 9.17) is 21.3 Å². The number of aliphatic hydroxyl groups is 1. The number of hydrogen-bond acceptors (Lipinski definition) is 8. The molecule has 11 heteroatoms. The summed E-state index contributed by atoms with van der Waals surface area (Å²) in [6, 6.07) is 15.8. The minimum atomic E-state index is -1.10. The average Bonchev–Trinajstić information content (AvgIpc) is 3.62. The topological polar surface area (TPSA) is 171 Å². The van der Waals surface area contributed by atoms with E-state index in [1.165, 1.54) is 11.9 Å². The molecule has 2 heterocycles. The fourth-order valence-corrected chi connectivity index (χ4v) is 6.30. The summed E-state index contributed by atoms with van der Waals surface area (Å²) in [7, 11) is 1.56. The fourth-order valence-electron chi connectivity index (χ4n) is 6.30. The molecule has 11 nitrogen and oxygen atoms in total. The third kappa shape index (κ3) is 5.52. The van der Waals surface area contributed by atoms with E-state index >= 15 is 0 Å². The molecule has 0 radical (unpaired) electrons. The summed E-state index contributed by atoms with van der Waals surface area (Å²) in [5, 5.41) is 19.3. The van der Waals surface area contributed by atoms with E-state index in [9.17, 15) is 14.7 Å². The van der Waals surface area contributed by atoms with Crippen molar-refractivity contribution in [1.29, 1.82) is 0 Å². The molecule has 0 saturated heterocycles. The summed E-state index contributed by atoms with van der Waals surface area (Å²) < 4.78 is 7.50. The second-order valence-electron chi connectivity index (χ2n) is 11.5. The van der Waals surface area contributed by atoms with Gasteiger partial charge in [-0.25, -0.2) is 14.6 Å². The molecule has 0 unspecified atom stereocenters. The summed E-state index contributed by atoms with van der Waals surface area (Å²) in [6.45, 7) is 0. The van der Waals surface area contributed by atoms with E-state index in [-0.39, 0.29) is 18.4 Å². The van der Waals surface area contributed by atoms with Crippen LogP contribution in [0.2, 0.25) is 0 Å². The number of nitrogens with one attached hydrogen (secondary N) is 1. The van der Waals surface area contributed by atoms with Crippen LogP contribution in [0.1, 0.15) is 62.5 Å². The van der Waals surface area contributed by atoms with Crippen molar-refractivity contribution in [2.24, 2.45) is 11.7 Å². The standard InChI is InChI=1S/C31H35N7O4/c1-42-24-14-19(7-8-23(24)36-26(40)15-20-13-22(20)18-5-3-2-4-6-18)28-27-29(33)34-17-35-30(27)38(37-28)21-9-11-31(41,12-10-21)16-25(32)39/h2-8,14,17,20-22,41H,9-13,15-16H2,1H3,(H2,32,39)(H,36,40)(H2,33,34,35)/t20-,21?,22-,31?/m0/s1. The van der Waals surface area contributed by atoms with Gasteiger partial charge in [0.05, 0.1) is 36.2 Å². The number of fused-ring (bicyclic) bond motifs is 1. The Labute approximate surface area is 243 Å². The first-order chi connectivity index (χ1) is 20.2. The van der Waals surface area contributed by atoms with E-state index in [0.717, 1.165) is 12.0 Å². The van der Waals surface area contributed by atoms with Crippen LogP contribution in [0.25, 0.3) is 22.3 Å². The number of benzene rings is 2. The van der Waals surface area contributed by atoms with E-state index in [1.807, 2.05) is 41.1 Å². The van der Waals surface area contributed by atoms with Gasteiger partial charge in [0.2, 0.25) is 11.8 Å². The molecule has 2 aliphatic rings. The maximum Gasteiger partial charge on any atom is 0.224 e. The van der Waals surface area contributed by atoms with Crippen molar-refractivity contribution in [3.63, 3.8) is 0 Å². The van der Waals surface area contributed by atoms with Crippen molar-refractivity contribution in [2.75, 3.05) is 18.2 Å². The van der Waals surface area contributed by atoms with Gasteiger partial charge in [0.1, 0.15) is 23.6 Å². The second kappa shape index (κ2) is 11.1. The van der Waals surface area contributed by atoms with Crippen LogP contribution in [0.15, 0.2) is 54.9 Å². The Kier molecular flexibility index (Phi) is 7.28. The quantitative estimate of drug-likeness (QED) is 0.235. The first-order valence-corrected chi connectivity index (χ1v) is 14.3. The lowest BCUT2D eigenvalue weighted by Gasteiger charge is -2.35. The maximum atomic E-state index is 12.9. The highest BCUT2D eigenvalue weighted by Gasteiger charge is 2.39. The van der Waals surface area contributed by atoms with Crippen LogP contribution in [-0.2, 0) is 9.59 Å². The van der Waals surface area contributed by atoms with Crippen LogP contribution in [0.3, 0.4) is 0 Å². The summed E-state index contributed by atoms with van der Waals surface area (Å²) in [5.41, 5.74) is 14.4. The first kappa shape index (κ1) is 27.6. The van der Waals surface area contributed by atoms with Crippen molar-refractivity contribution in [1.82, 2.24) is 19.7 Å². The lowest BCUT2D eigenvalue weighted by Crippen LogP contribution is -2.38. The van der Waals surface area contributed by atoms with Crippen molar-refractivity contribution in [3.05, 3.63) is 60.4 Å². The number of hydrogen-bond donors (Lipinski definition) is 4. The van der Waals surface area contributed by atoms with Gasteiger partial charge in [-0.3, -0.25) is 9.59 Å². The molecule has 0 spiro atoms. The van der Waals surface area contributed by atoms with E-state index < -0.39 is 11.5 Å². The predicted molar refractivity (Wildman–Crippen MR) is 159 cm³/mol. The Morgan fingerprint density at radius 1 is 1.14 bits per heavy atom. The van der Waals surface area contributed by atoms with Gasteiger partial charge in [0, 0.05) is 12.0 Å². The predicted octanol–water partition coefficient (Wildman–Crippen LogP) is 3.94. The van der Waals surface area contributed by atoms with Crippen molar-refractivity contribution < 1.29 is 19.4 Å². The highest BCUT2D eigenvalue weighted by atomic mass is 16.5. The molecule has 2 fully saturated rings. The third-order valence-electron chi connectivity index (χ3n) is 8.60. The Morgan fingerprint density at radius 3 is 2.62 bits per heavy atom. The van der Waals surface area contributed by atoms with Crippen molar-refractivity contribution in [3.8, 4) is 17.0 Å². The zero-order chi connectivity index (χ0) is 29.4. The average molecular weight is 570 g/mol. The van der Waals surface area contributed by atoms with Crippen molar-refractivity contribution >= 4 is 34.4 Å². The number of aromatic nitrogens is 4. The molecule has 218 valence electrons. The van der Waals surface area contributed by atoms with Crippen LogP contribution in [0.5, 0.6) is 5.75 Å². The number of anilines is 2. The highest BCUT2D eigenvalue weighted by Crippen LogP contribution is 2.49. The molecular weight excluding hydrogens is 534 g/mol. The first-order valence-electron chi connectivity index (χ1n) is 14.3. The van der Waals surface area contributed by atoms with Gasteiger partial charge < -0.3 is 26.6 Å². The van der Waals surface area contributed by atoms with Crippen LogP contribution < -0.4 is 21.5 Å². The number of carbonyl (C=O) groups excluding carboxylic acids is 2. The van der Waals surface area contributed by atoms with Gasteiger partial charge in [-0.15, -0.1) is 0 Å². The van der Waals surface area contributed by atoms with Crippen LogP contribution >= 0.6 is 0 Å². The SMILES string of the molecule is COc1cc(-c2nn(C3CCC(O)(CC(N)=O)CC3)c3ncnc(N)c23)ccc1NC(=O)C[C@@H]1C[C@H]1c1ccccc1. The number of primary amides is 1. The molecular formula is C31H35N7O4. The van der Waals surface area contributed by atoms with E-state index in [0.29, 0.717) is 77.9 Å². The molecule has 6 N–H and O–H groups in total. The number of nitrogens with zero attached hydrogens (tertiary/aromatic N) is 4. The number of ether oxygens (including phenoxy) is 1. The normalized spacial score (nSPS) is 23.4. The van der Waals surface area contributed by atoms with Crippen molar-refractivity contribution in [2.45, 2.75) is 62.5 Å². The number of nitrogen functional groups attached to an aromatic ring is 1. The van der Waals surface area contributed by atoms with Gasteiger partial charge in [-0.1, -0.05) is 36.4 Å². The maximum absolute atomic E-state index is 12.9. The Hall–Kier alpha value is -4.51. The van der Waals surface area contributed by atoms with Gasteiger partial charge in [0.25, 0.3) is 0 Å². The Balaban J connectivity index is 1.22. The summed E-state index contributed by atoms with van der Waals surface area (Å²) in [4.78, 5) is 33.0. The fraction of sp³-hybridized carbons (Fsp3) is 0.387. The number of rotatable bonds is 9. The van der Waals surface area contributed by atoms with Crippen LogP contribution in [0, 0.1) is 5.92 Å². The summed E-state index contributed by atoms with van der Waals surface area (Å²) in [6.07, 6.45) is 4.86. The molecule has 0 bridgehead atoms. The molecule has 42 heavy (non-hydrogen) atoms. The van der Waals surface area contributed by atoms with Gasteiger partial charge in [-0.05, 0) is 61.6 Å². The van der Waals surface area contributed by atoms with E-state index in [1.54, 1.807) is 7.11 Å². The van der Waals surface area contributed by atoms with Crippen LogP contribution in [-0.4, -0.2) is 49.4 Å². The summed E-state index contributed by atoms with van der Waals surface area (Å²) in [5.74, 6) is 1.01. The third-order valence-corrected chi connectivity index (χ3v) is 8.60. The zero-order valence-electron chi connectivity index (χ0n) is 23.5. The molecule has 2 amide bonds. The number of methoxy groups -OCH3 is 1. The molecule has 2 aliphatic carbocycles. The smallest absolute Gasteiger partial charge is 0.224 e. The molecule has 2 saturated carbocycles. The second-order valence-corrected chi connectivity index (χ2v) is 11.5. The lowest BCUT2D eigenvalue weighted by molar-refractivity contribution is -0.124. The molecule has 4 aromatic rings. The molecule has 0 aliphatic heterocycles.